The molecule has 2 heterocycles. The molecular formula is C16H28IN5O2. The molecule has 0 spiro atoms. The van der Waals surface area contributed by atoms with Crippen LogP contribution in [0.15, 0.2) is 23.3 Å². The summed E-state index contributed by atoms with van der Waals surface area (Å²) in [7, 11) is 5.35. The number of nitrogens with one attached hydrogen (secondary N) is 2. The van der Waals surface area contributed by atoms with E-state index in [0.29, 0.717) is 6.04 Å². The second-order valence-electron chi connectivity index (χ2n) is 5.77. The fourth-order valence-corrected chi connectivity index (χ4v) is 2.73. The van der Waals surface area contributed by atoms with E-state index in [-0.39, 0.29) is 36.5 Å². The highest BCUT2D eigenvalue weighted by Gasteiger charge is 2.23. The van der Waals surface area contributed by atoms with Crippen molar-refractivity contribution in [1.29, 1.82) is 0 Å². The first-order chi connectivity index (χ1) is 11.1. The van der Waals surface area contributed by atoms with Crippen LogP contribution in [0, 0.1) is 0 Å². The van der Waals surface area contributed by atoms with Gasteiger partial charge in [0.1, 0.15) is 6.61 Å². The lowest BCUT2D eigenvalue weighted by Crippen LogP contribution is -2.50. The van der Waals surface area contributed by atoms with Crippen molar-refractivity contribution in [3.8, 4) is 0 Å². The van der Waals surface area contributed by atoms with E-state index in [4.69, 9.17) is 4.74 Å². The smallest absolute Gasteiger partial charge is 0.248 e. The van der Waals surface area contributed by atoms with Crippen LogP contribution in [0.4, 0.5) is 0 Å². The van der Waals surface area contributed by atoms with Crippen LogP contribution in [0.1, 0.15) is 18.5 Å². The number of aryl methyl sites for hydroxylation is 1. The molecule has 2 N–H and O–H groups in total. The van der Waals surface area contributed by atoms with Gasteiger partial charge in [-0.1, -0.05) is 0 Å². The van der Waals surface area contributed by atoms with Crippen molar-refractivity contribution in [3.63, 3.8) is 0 Å². The molecule has 1 saturated heterocycles. The molecular weight excluding hydrogens is 421 g/mol. The third-order valence-electron chi connectivity index (χ3n) is 4.17. The van der Waals surface area contributed by atoms with Gasteiger partial charge in [0.05, 0.1) is 6.54 Å². The number of carbonyl (C=O) groups is 1. The van der Waals surface area contributed by atoms with Gasteiger partial charge in [-0.05, 0) is 25.0 Å². The van der Waals surface area contributed by atoms with Gasteiger partial charge in [-0.25, -0.2) is 0 Å². The van der Waals surface area contributed by atoms with Gasteiger partial charge in [0.2, 0.25) is 5.91 Å². The average molecular weight is 449 g/mol. The third kappa shape index (κ3) is 5.97. The number of piperidine rings is 1. The Kier molecular flexibility index (Phi) is 9.12. The molecule has 0 saturated carbocycles. The molecule has 8 heteroatoms. The van der Waals surface area contributed by atoms with Crippen molar-refractivity contribution < 1.29 is 9.53 Å². The maximum absolute atomic E-state index is 11.8. The first-order valence-corrected chi connectivity index (χ1v) is 7.98. The van der Waals surface area contributed by atoms with Crippen LogP contribution >= 0.6 is 24.0 Å². The number of halogens is 1. The molecule has 7 nitrogen and oxygen atoms in total. The number of methoxy groups -OCH3 is 1. The third-order valence-corrected chi connectivity index (χ3v) is 4.17. The minimum atomic E-state index is 0. The number of guanidine groups is 1. The monoisotopic (exact) mass is 449 g/mol. The lowest BCUT2D eigenvalue weighted by Gasteiger charge is -2.33. The minimum Gasteiger partial charge on any atom is -0.375 e. The standard InChI is InChI=1S/C16H27N5O2.HI/c1-17-16(18-11-14-5-4-8-20(14)2)19-13-6-9-21(10-7-13)15(22)12-23-3;/h4-5,8,13H,6-7,9-12H2,1-3H3,(H2,17,18,19);1H. The van der Waals surface area contributed by atoms with Crippen molar-refractivity contribution in [1.82, 2.24) is 20.1 Å². The number of likely N-dealkylation sites (tertiary alicyclic amines) is 1. The van der Waals surface area contributed by atoms with Gasteiger partial charge >= 0.3 is 0 Å². The summed E-state index contributed by atoms with van der Waals surface area (Å²) >= 11 is 0. The molecule has 1 aliphatic rings. The summed E-state index contributed by atoms with van der Waals surface area (Å²) in [5.41, 5.74) is 1.20. The molecule has 1 aliphatic heterocycles. The molecule has 1 amide bonds. The molecule has 0 bridgehead atoms. The van der Waals surface area contributed by atoms with Crippen molar-refractivity contribution in [2.24, 2.45) is 12.0 Å². The number of nitrogens with zero attached hydrogens (tertiary/aromatic N) is 3. The number of rotatable bonds is 5. The van der Waals surface area contributed by atoms with E-state index < -0.39 is 0 Å². The summed E-state index contributed by atoms with van der Waals surface area (Å²) in [4.78, 5) is 17.9. The van der Waals surface area contributed by atoms with E-state index in [9.17, 15) is 4.79 Å². The summed E-state index contributed by atoms with van der Waals surface area (Å²) in [6, 6.07) is 4.45. The Morgan fingerprint density at radius 1 is 1.42 bits per heavy atom. The van der Waals surface area contributed by atoms with E-state index in [1.54, 1.807) is 14.2 Å². The molecule has 0 unspecified atom stereocenters. The zero-order chi connectivity index (χ0) is 16.7. The van der Waals surface area contributed by atoms with Gasteiger partial charge in [0.15, 0.2) is 5.96 Å². The van der Waals surface area contributed by atoms with Crippen molar-refractivity contribution in [2.75, 3.05) is 33.9 Å². The van der Waals surface area contributed by atoms with Crippen LogP contribution in [0.5, 0.6) is 0 Å². The van der Waals surface area contributed by atoms with Crippen LogP contribution in [0.2, 0.25) is 0 Å². The largest absolute Gasteiger partial charge is 0.375 e. The topological polar surface area (TPSA) is 70.9 Å². The highest BCUT2D eigenvalue weighted by molar-refractivity contribution is 14.0. The molecule has 2 rings (SSSR count). The summed E-state index contributed by atoms with van der Waals surface area (Å²) in [6.45, 7) is 2.41. The van der Waals surface area contributed by atoms with Crippen molar-refractivity contribution >= 4 is 35.8 Å². The van der Waals surface area contributed by atoms with Crippen LogP contribution in [-0.4, -0.2) is 61.2 Å². The van der Waals surface area contributed by atoms with E-state index >= 15 is 0 Å². The molecule has 0 aliphatic carbocycles. The molecule has 1 aromatic heterocycles. The second kappa shape index (κ2) is 10.5. The van der Waals surface area contributed by atoms with E-state index in [1.807, 2.05) is 24.2 Å². The van der Waals surface area contributed by atoms with Crippen LogP contribution < -0.4 is 10.6 Å². The maximum atomic E-state index is 11.8. The van der Waals surface area contributed by atoms with Gasteiger partial charge < -0.3 is 24.8 Å². The lowest BCUT2D eigenvalue weighted by molar-refractivity contribution is -0.136. The number of aromatic nitrogens is 1. The Bertz CT molecular complexity index is 538. The van der Waals surface area contributed by atoms with Gasteiger partial charge in [-0.2, -0.15) is 0 Å². The lowest BCUT2D eigenvalue weighted by atomic mass is 10.1. The summed E-state index contributed by atoms with van der Waals surface area (Å²) in [6.07, 6.45) is 3.86. The zero-order valence-electron chi connectivity index (χ0n) is 14.6. The van der Waals surface area contributed by atoms with Gasteiger partial charge in [0, 0.05) is 52.2 Å². The molecule has 136 valence electrons. The van der Waals surface area contributed by atoms with E-state index in [2.05, 4.69) is 26.3 Å². The maximum Gasteiger partial charge on any atom is 0.248 e. The fourth-order valence-electron chi connectivity index (χ4n) is 2.73. The zero-order valence-corrected chi connectivity index (χ0v) is 16.9. The summed E-state index contributed by atoms with van der Waals surface area (Å²) < 4.78 is 6.99. The van der Waals surface area contributed by atoms with Crippen molar-refractivity contribution in [3.05, 3.63) is 24.0 Å². The molecule has 0 radical (unpaired) electrons. The Morgan fingerprint density at radius 2 is 2.12 bits per heavy atom. The highest BCUT2D eigenvalue weighted by Crippen LogP contribution is 2.10. The Balaban J connectivity index is 0.00000288. The van der Waals surface area contributed by atoms with Gasteiger partial charge in [0.25, 0.3) is 0 Å². The Hall–Kier alpha value is -1.29. The quantitative estimate of drug-likeness (QED) is 0.399. The predicted molar refractivity (Wildman–Crippen MR) is 106 cm³/mol. The number of aliphatic imine (C=N–C) groups is 1. The Morgan fingerprint density at radius 3 is 2.67 bits per heavy atom. The second-order valence-corrected chi connectivity index (χ2v) is 5.77. The molecule has 0 aromatic carbocycles. The first-order valence-electron chi connectivity index (χ1n) is 7.98. The molecule has 0 atom stereocenters. The van der Waals surface area contributed by atoms with Crippen LogP contribution in [0.3, 0.4) is 0 Å². The highest BCUT2D eigenvalue weighted by atomic mass is 127. The van der Waals surface area contributed by atoms with Gasteiger partial charge in [-0.15, -0.1) is 24.0 Å². The van der Waals surface area contributed by atoms with Crippen LogP contribution in [0.25, 0.3) is 0 Å². The van der Waals surface area contributed by atoms with Crippen molar-refractivity contribution in [2.45, 2.75) is 25.4 Å². The molecule has 1 aromatic rings. The van der Waals surface area contributed by atoms with Gasteiger partial charge in [-0.3, -0.25) is 9.79 Å². The van der Waals surface area contributed by atoms with E-state index in [1.165, 1.54) is 5.69 Å². The number of hydrogen-bond acceptors (Lipinski definition) is 3. The number of ether oxygens (including phenoxy) is 1. The molecule has 24 heavy (non-hydrogen) atoms. The Labute approximate surface area is 160 Å². The number of amides is 1. The summed E-state index contributed by atoms with van der Waals surface area (Å²) in [5, 5.41) is 6.77. The van der Waals surface area contributed by atoms with Crippen LogP contribution in [-0.2, 0) is 23.1 Å². The van der Waals surface area contributed by atoms with E-state index in [0.717, 1.165) is 38.4 Å². The minimum absolute atomic E-state index is 0. The SMILES string of the molecule is CN=C(NCc1cccn1C)NC1CCN(C(=O)COC)CC1.I. The number of hydrogen-bond donors (Lipinski definition) is 2. The fraction of sp³-hybridized carbons (Fsp3) is 0.625. The first kappa shape index (κ1) is 20.8. The number of carbonyl (C=O) groups excluding carboxylic acids is 1. The molecule has 1 fully saturated rings. The predicted octanol–water partition coefficient (Wildman–Crippen LogP) is 0.945. The average Bonchev–Trinajstić information content (AvgIpc) is 2.97. The normalized spacial score (nSPS) is 15.8. The summed E-state index contributed by atoms with van der Waals surface area (Å²) in [5.74, 6) is 0.866.